The van der Waals surface area contributed by atoms with Crippen molar-refractivity contribution in [2.75, 3.05) is 5.32 Å². The van der Waals surface area contributed by atoms with Gasteiger partial charge in [-0.15, -0.1) is 11.3 Å². The summed E-state index contributed by atoms with van der Waals surface area (Å²) in [5.41, 5.74) is 2.12. The lowest BCUT2D eigenvalue weighted by molar-refractivity contribution is -0.116. The lowest BCUT2D eigenvalue weighted by Crippen LogP contribution is -2.14. The SMILES string of the molecule is Cc1csc(NC(=O)C[C@H](C)c2ccccc2)n1. The van der Waals surface area contributed by atoms with Crippen LogP contribution in [0.15, 0.2) is 35.7 Å². The first-order chi connectivity index (χ1) is 8.65. The normalized spacial score (nSPS) is 12.1. The zero-order valence-corrected chi connectivity index (χ0v) is 11.3. The van der Waals surface area contributed by atoms with E-state index >= 15 is 0 Å². The second-order valence-electron chi connectivity index (χ2n) is 4.36. The predicted octanol–water partition coefficient (Wildman–Crippen LogP) is 3.58. The molecule has 0 spiro atoms. The van der Waals surface area contributed by atoms with Crippen molar-refractivity contribution < 1.29 is 4.79 Å². The third-order valence-electron chi connectivity index (χ3n) is 2.73. The number of nitrogens with one attached hydrogen (secondary N) is 1. The smallest absolute Gasteiger partial charge is 0.226 e. The number of benzene rings is 1. The summed E-state index contributed by atoms with van der Waals surface area (Å²) >= 11 is 1.46. The number of amides is 1. The van der Waals surface area contributed by atoms with Gasteiger partial charge in [-0.3, -0.25) is 4.79 Å². The summed E-state index contributed by atoms with van der Waals surface area (Å²) in [5.74, 6) is 0.230. The number of thiazole rings is 1. The molecule has 0 fully saturated rings. The topological polar surface area (TPSA) is 42.0 Å². The van der Waals surface area contributed by atoms with Crippen molar-refractivity contribution >= 4 is 22.4 Å². The van der Waals surface area contributed by atoms with Gasteiger partial charge < -0.3 is 5.32 Å². The molecule has 1 aromatic carbocycles. The van der Waals surface area contributed by atoms with E-state index in [-0.39, 0.29) is 11.8 Å². The number of anilines is 1. The van der Waals surface area contributed by atoms with Crippen molar-refractivity contribution in [2.45, 2.75) is 26.2 Å². The summed E-state index contributed by atoms with van der Waals surface area (Å²) in [6, 6.07) is 10.1. The molecule has 0 aliphatic rings. The van der Waals surface area contributed by atoms with E-state index in [1.165, 1.54) is 16.9 Å². The Morgan fingerprint density at radius 1 is 1.39 bits per heavy atom. The Morgan fingerprint density at radius 2 is 2.11 bits per heavy atom. The molecule has 1 heterocycles. The van der Waals surface area contributed by atoms with E-state index in [2.05, 4.69) is 17.2 Å². The molecule has 0 unspecified atom stereocenters. The van der Waals surface area contributed by atoms with Gasteiger partial charge in [0.1, 0.15) is 0 Å². The molecule has 4 heteroatoms. The van der Waals surface area contributed by atoms with E-state index in [9.17, 15) is 4.79 Å². The minimum absolute atomic E-state index is 0.0145. The number of nitrogens with zero attached hydrogens (tertiary/aromatic N) is 1. The monoisotopic (exact) mass is 260 g/mol. The number of hydrogen-bond acceptors (Lipinski definition) is 3. The van der Waals surface area contributed by atoms with Crippen molar-refractivity contribution in [3.05, 3.63) is 47.0 Å². The highest BCUT2D eigenvalue weighted by Gasteiger charge is 2.12. The fourth-order valence-corrected chi connectivity index (χ4v) is 2.46. The zero-order valence-electron chi connectivity index (χ0n) is 10.5. The van der Waals surface area contributed by atoms with Crippen LogP contribution in [-0.2, 0) is 4.79 Å². The quantitative estimate of drug-likeness (QED) is 0.913. The zero-order chi connectivity index (χ0) is 13.0. The van der Waals surface area contributed by atoms with Crippen molar-refractivity contribution in [2.24, 2.45) is 0 Å². The Hall–Kier alpha value is -1.68. The van der Waals surface area contributed by atoms with Crippen LogP contribution in [0.3, 0.4) is 0 Å². The van der Waals surface area contributed by atoms with Crippen LogP contribution in [-0.4, -0.2) is 10.9 Å². The maximum absolute atomic E-state index is 11.9. The Kier molecular flexibility index (Phi) is 4.10. The molecule has 0 aliphatic heterocycles. The van der Waals surface area contributed by atoms with Crippen molar-refractivity contribution in [3.8, 4) is 0 Å². The van der Waals surface area contributed by atoms with Crippen molar-refractivity contribution in [1.29, 1.82) is 0 Å². The second-order valence-corrected chi connectivity index (χ2v) is 5.22. The van der Waals surface area contributed by atoms with E-state index < -0.39 is 0 Å². The molecule has 1 amide bonds. The average molecular weight is 260 g/mol. The third kappa shape index (κ3) is 3.40. The first-order valence-corrected chi connectivity index (χ1v) is 6.80. The van der Waals surface area contributed by atoms with Crippen molar-refractivity contribution in [1.82, 2.24) is 4.98 Å². The number of aromatic nitrogens is 1. The van der Waals surface area contributed by atoms with Crippen LogP contribution in [0.25, 0.3) is 0 Å². The van der Waals surface area contributed by atoms with Crippen LogP contribution in [0.4, 0.5) is 5.13 Å². The molecular formula is C14H16N2OS. The fraction of sp³-hybridized carbons (Fsp3) is 0.286. The summed E-state index contributed by atoms with van der Waals surface area (Å²) in [5, 5.41) is 5.44. The van der Waals surface area contributed by atoms with Crippen LogP contribution < -0.4 is 5.32 Å². The molecule has 1 N–H and O–H groups in total. The van der Waals surface area contributed by atoms with E-state index in [1.807, 2.05) is 42.6 Å². The second kappa shape index (κ2) is 5.78. The first kappa shape index (κ1) is 12.8. The van der Waals surface area contributed by atoms with E-state index in [1.54, 1.807) is 0 Å². The molecule has 0 saturated carbocycles. The van der Waals surface area contributed by atoms with Gasteiger partial charge in [-0.2, -0.15) is 0 Å². The molecule has 1 aromatic heterocycles. The first-order valence-electron chi connectivity index (χ1n) is 5.92. The van der Waals surface area contributed by atoms with Gasteiger partial charge in [0.05, 0.1) is 5.69 Å². The van der Waals surface area contributed by atoms with Gasteiger partial charge >= 0.3 is 0 Å². The summed E-state index contributed by atoms with van der Waals surface area (Å²) in [6.45, 7) is 3.97. The van der Waals surface area contributed by atoms with Crippen LogP contribution in [0.5, 0.6) is 0 Å². The molecule has 3 nitrogen and oxygen atoms in total. The van der Waals surface area contributed by atoms with Crippen LogP contribution in [0.1, 0.15) is 30.5 Å². The molecule has 1 atom stereocenters. The molecule has 0 bridgehead atoms. The lowest BCUT2D eigenvalue weighted by Gasteiger charge is -2.10. The van der Waals surface area contributed by atoms with Crippen molar-refractivity contribution in [3.63, 3.8) is 0 Å². The predicted molar refractivity (Wildman–Crippen MR) is 75.0 cm³/mol. The van der Waals surface area contributed by atoms with Crippen LogP contribution >= 0.6 is 11.3 Å². The minimum Gasteiger partial charge on any atom is -0.302 e. The molecule has 2 aromatic rings. The highest BCUT2D eigenvalue weighted by atomic mass is 32.1. The fourth-order valence-electron chi connectivity index (χ4n) is 1.76. The maximum Gasteiger partial charge on any atom is 0.226 e. The molecule has 18 heavy (non-hydrogen) atoms. The molecule has 0 saturated heterocycles. The number of aryl methyl sites for hydroxylation is 1. The van der Waals surface area contributed by atoms with Gasteiger partial charge in [0, 0.05) is 11.8 Å². The molecule has 0 aliphatic carbocycles. The molecule has 0 radical (unpaired) electrons. The highest BCUT2D eigenvalue weighted by Crippen LogP contribution is 2.20. The number of rotatable bonds is 4. The van der Waals surface area contributed by atoms with Gasteiger partial charge in [-0.1, -0.05) is 37.3 Å². The summed E-state index contributed by atoms with van der Waals surface area (Å²) in [6.07, 6.45) is 0.475. The number of hydrogen-bond donors (Lipinski definition) is 1. The number of carbonyl (C=O) groups is 1. The van der Waals surface area contributed by atoms with E-state index in [0.29, 0.717) is 11.6 Å². The van der Waals surface area contributed by atoms with Gasteiger partial charge in [0.15, 0.2) is 5.13 Å². The Labute approximate surface area is 111 Å². The Balaban J connectivity index is 1.92. The molecular weight excluding hydrogens is 244 g/mol. The largest absolute Gasteiger partial charge is 0.302 e. The average Bonchev–Trinajstić information content (AvgIpc) is 2.75. The maximum atomic E-state index is 11.9. The van der Waals surface area contributed by atoms with E-state index in [4.69, 9.17) is 0 Å². The van der Waals surface area contributed by atoms with Gasteiger partial charge in [-0.25, -0.2) is 4.98 Å². The van der Waals surface area contributed by atoms with Gasteiger partial charge in [-0.05, 0) is 18.4 Å². The molecule has 94 valence electrons. The third-order valence-corrected chi connectivity index (χ3v) is 3.60. The van der Waals surface area contributed by atoms with Gasteiger partial charge in [0.25, 0.3) is 0 Å². The Morgan fingerprint density at radius 3 is 2.72 bits per heavy atom. The summed E-state index contributed by atoms with van der Waals surface area (Å²) in [4.78, 5) is 16.1. The Bertz CT molecular complexity index is 522. The summed E-state index contributed by atoms with van der Waals surface area (Å²) < 4.78 is 0. The highest BCUT2D eigenvalue weighted by molar-refractivity contribution is 7.13. The van der Waals surface area contributed by atoms with E-state index in [0.717, 1.165) is 5.69 Å². The minimum atomic E-state index is 0.0145. The van der Waals surface area contributed by atoms with Gasteiger partial charge in [0.2, 0.25) is 5.91 Å². The number of carbonyl (C=O) groups excluding carboxylic acids is 1. The summed E-state index contributed by atoms with van der Waals surface area (Å²) in [7, 11) is 0. The lowest BCUT2D eigenvalue weighted by atomic mass is 9.98. The standard InChI is InChI=1S/C14H16N2OS/c1-10(12-6-4-3-5-7-12)8-13(17)16-14-15-11(2)9-18-14/h3-7,9-10H,8H2,1-2H3,(H,15,16,17)/t10-/m0/s1. The van der Waals surface area contributed by atoms with Crippen LogP contribution in [0, 0.1) is 6.92 Å². The molecule has 2 rings (SSSR count). The van der Waals surface area contributed by atoms with Crippen LogP contribution in [0.2, 0.25) is 0 Å².